The van der Waals surface area contributed by atoms with Crippen molar-refractivity contribution in [2.75, 3.05) is 33.0 Å². The number of benzene rings is 2. The van der Waals surface area contributed by atoms with Gasteiger partial charge in [-0.25, -0.2) is 0 Å². The lowest BCUT2D eigenvalue weighted by molar-refractivity contribution is -0.140. The topological polar surface area (TPSA) is 79.3 Å². The Hall–Kier alpha value is -2.84. The SMILES string of the molecule is CCN(CC)CCN1C(=O)C(=O)/C(=C(/O)c2ccc3c(c2)OCO3)C1c1cccc(Br)c1. The maximum Gasteiger partial charge on any atom is 0.295 e. The first-order valence-corrected chi connectivity index (χ1v) is 11.4. The molecule has 0 aliphatic carbocycles. The van der Waals surface area contributed by atoms with Gasteiger partial charge in [0.05, 0.1) is 11.6 Å². The minimum Gasteiger partial charge on any atom is -0.507 e. The number of rotatable bonds is 7. The monoisotopic (exact) mass is 500 g/mol. The number of halogens is 1. The van der Waals surface area contributed by atoms with E-state index >= 15 is 0 Å². The van der Waals surface area contributed by atoms with Crippen LogP contribution in [0.25, 0.3) is 5.76 Å². The maximum atomic E-state index is 13.1. The van der Waals surface area contributed by atoms with Crippen LogP contribution in [0.3, 0.4) is 0 Å². The number of ether oxygens (including phenoxy) is 2. The normalized spacial score (nSPS) is 19.2. The molecule has 1 unspecified atom stereocenters. The highest BCUT2D eigenvalue weighted by Crippen LogP contribution is 2.41. The fourth-order valence-corrected chi connectivity index (χ4v) is 4.54. The molecule has 2 aromatic rings. The van der Waals surface area contributed by atoms with E-state index in [1.165, 1.54) is 0 Å². The second-order valence-corrected chi connectivity index (χ2v) is 8.56. The molecule has 4 rings (SSSR count). The number of likely N-dealkylation sites (N-methyl/N-ethyl adjacent to an activating group) is 1. The van der Waals surface area contributed by atoms with E-state index in [0.717, 1.165) is 23.1 Å². The van der Waals surface area contributed by atoms with Gasteiger partial charge in [-0.05, 0) is 49.0 Å². The highest BCUT2D eigenvalue weighted by atomic mass is 79.9. The Bertz CT molecular complexity index is 1080. The van der Waals surface area contributed by atoms with Gasteiger partial charge in [0.15, 0.2) is 11.5 Å². The Kier molecular flexibility index (Phi) is 6.53. The third kappa shape index (κ3) is 4.12. The van der Waals surface area contributed by atoms with Gasteiger partial charge in [0.25, 0.3) is 11.7 Å². The van der Waals surface area contributed by atoms with Crippen molar-refractivity contribution in [3.63, 3.8) is 0 Å². The van der Waals surface area contributed by atoms with E-state index in [-0.39, 0.29) is 18.1 Å². The van der Waals surface area contributed by atoms with Crippen molar-refractivity contribution in [2.24, 2.45) is 0 Å². The third-order valence-electron chi connectivity index (χ3n) is 5.90. The van der Waals surface area contributed by atoms with Crippen LogP contribution in [0.5, 0.6) is 11.5 Å². The van der Waals surface area contributed by atoms with Gasteiger partial charge in [-0.15, -0.1) is 0 Å². The fourth-order valence-electron chi connectivity index (χ4n) is 4.12. The first-order valence-electron chi connectivity index (χ1n) is 10.6. The van der Waals surface area contributed by atoms with E-state index in [1.807, 2.05) is 24.3 Å². The van der Waals surface area contributed by atoms with Gasteiger partial charge in [0, 0.05) is 23.1 Å². The predicted octanol–water partition coefficient (Wildman–Crippen LogP) is 3.94. The van der Waals surface area contributed by atoms with Gasteiger partial charge in [-0.1, -0.05) is 41.9 Å². The van der Waals surface area contributed by atoms with Crippen molar-refractivity contribution in [1.82, 2.24) is 9.80 Å². The molecule has 168 valence electrons. The van der Waals surface area contributed by atoms with E-state index in [4.69, 9.17) is 9.47 Å². The van der Waals surface area contributed by atoms with Gasteiger partial charge in [-0.3, -0.25) is 9.59 Å². The number of nitrogens with zero attached hydrogens (tertiary/aromatic N) is 2. The number of amides is 1. The van der Waals surface area contributed by atoms with Crippen LogP contribution < -0.4 is 9.47 Å². The Morgan fingerprint density at radius 3 is 2.59 bits per heavy atom. The number of carbonyl (C=O) groups excluding carboxylic acids is 2. The number of Topliss-reactive ketones (excluding diaryl/α,β-unsaturated/α-hetero) is 1. The molecule has 0 bridgehead atoms. The third-order valence-corrected chi connectivity index (χ3v) is 6.40. The first kappa shape index (κ1) is 22.4. The van der Waals surface area contributed by atoms with Crippen LogP contribution >= 0.6 is 15.9 Å². The molecule has 8 heteroatoms. The molecular formula is C24H25BrN2O5. The maximum absolute atomic E-state index is 13.1. The predicted molar refractivity (Wildman–Crippen MR) is 124 cm³/mol. The number of ketones is 1. The molecule has 1 amide bonds. The van der Waals surface area contributed by atoms with Crippen LogP contribution in [0.4, 0.5) is 0 Å². The smallest absolute Gasteiger partial charge is 0.295 e. The van der Waals surface area contributed by atoms with Crippen molar-refractivity contribution in [2.45, 2.75) is 19.9 Å². The Morgan fingerprint density at radius 1 is 1.12 bits per heavy atom. The molecule has 0 radical (unpaired) electrons. The molecule has 0 aromatic heterocycles. The Labute approximate surface area is 195 Å². The Morgan fingerprint density at radius 2 is 1.88 bits per heavy atom. The Balaban J connectivity index is 1.79. The molecule has 0 saturated carbocycles. The highest BCUT2D eigenvalue weighted by molar-refractivity contribution is 9.10. The molecule has 32 heavy (non-hydrogen) atoms. The minimum atomic E-state index is -0.690. The fraction of sp³-hybridized carbons (Fsp3) is 0.333. The van der Waals surface area contributed by atoms with Crippen LogP contribution in [0.1, 0.15) is 31.0 Å². The minimum absolute atomic E-state index is 0.0755. The van der Waals surface area contributed by atoms with Crippen molar-refractivity contribution in [3.8, 4) is 11.5 Å². The summed E-state index contributed by atoms with van der Waals surface area (Å²) in [5.74, 6) is -0.459. The summed E-state index contributed by atoms with van der Waals surface area (Å²) in [4.78, 5) is 29.9. The highest BCUT2D eigenvalue weighted by Gasteiger charge is 2.46. The molecule has 1 saturated heterocycles. The first-order chi connectivity index (χ1) is 15.4. The second-order valence-electron chi connectivity index (χ2n) is 7.64. The number of aliphatic hydroxyl groups excluding tert-OH is 1. The zero-order valence-corrected chi connectivity index (χ0v) is 19.6. The summed E-state index contributed by atoms with van der Waals surface area (Å²) in [5, 5.41) is 11.2. The average Bonchev–Trinajstić information content (AvgIpc) is 3.36. The number of likely N-dealkylation sites (tertiary alicyclic amines) is 1. The van der Waals surface area contributed by atoms with Gasteiger partial charge in [0.1, 0.15) is 5.76 Å². The van der Waals surface area contributed by atoms with E-state index < -0.39 is 17.7 Å². The van der Waals surface area contributed by atoms with E-state index in [1.54, 1.807) is 23.1 Å². The largest absolute Gasteiger partial charge is 0.507 e. The number of fused-ring (bicyclic) bond motifs is 1. The zero-order chi connectivity index (χ0) is 22.8. The molecule has 1 N–H and O–H groups in total. The van der Waals surface area contributed by atoms with Crippen LogP contribution in [-0.4, -0.2) is 59.6 Å². The quantitative estimate of drug-likeness (QED) is 0.352. The van der Waals surface area contributed by atoms with E-state index in [2.05, 4.69) is 34.7 Å². The van der Waals surface area contributed by atoms with E-state index in [0.29, 0.717) is 30.2 Å². The molecule has 2 aliphatic heterocycles. The lowest BCUT2D eigenvalue weighted by Crippen LogP contribution is -2.38. The summed E-state index contributed by atoms with van der Waals surface area (Å²) in [5.41, 5.74) is 1.22. The summed E-state index contributed by atoms with van der Waals surface area (Å²) < 4.78 is 11.6. The molecule has 2 heterocycles. The van der Waals surface area contributed by atoms with Crippen LogP contribution in [0.2, 0.25) is 0 Å². The summed E-state index contributed by atoms with van der Waals surface area (Å²) in [6, 6.07) is 11.7. The number of hydrogen-bond acceptors (Lipinski definition) is 6. The summed E-state index contributed by atoms with van der Waals surface area (Å²) in [6.45, 7) is 6.92. The average molecular weight is 501 g/mol. The molecule has 1 fully saturated rings. The molecule has 0 spiro atoms. The summed E-state index contributed by atoms with van der Waals surface area (Å²) >= 11 is 3.47. The van der Waals surface area contributed by atoms with Crippen molar-refractivity contribution in [1.29, 1.82) is 0 Å². The number of hydrogen-bond donors (Lipinski definition) is 1. The van der Waals surface area contributed by atoms with Crippen molar-refractivity contribution in [3.05, 3.63) is 63.6 Å². The van der Waals surface area contributed by atoms with Crippen LogP contribution in [0.15, 0.2) is 52.5 Å². The second kappa shape index (κ2) is 9.34. The number of aliphatic hydroxyl groups is 1. The number of carbonyl (C=O) groups is 2. The molecule has 7 nitrogen and oxygen atoms in total. The van der Waals surface area contributed by atoms with Gasteiger partial charge in [-0.2, -0.15) is 0 Å². The van der Waals surface area contributed by atoms with Gasteiger partial charge in [0.2, 0.25) is 6.79 Å². The van der Waals surface area contributed by atoms with E-state index in [9.17, 15) is 14.7 Å². The van der Waals surface area contributed by atoms with Gasteiger partial charge >= 0.3 is 0 Å². The zero-order valence-electron chi connectivity index (χ0n) is 18.0. The molecular weight excluding hydrogens is 476 g/mol. The van der Waals surface area contributed by atoms with Crippen molar-refractivity contribution < 1.29 is 24.2 Å². The standard InChI is InChI=1S/C24H25BrN2O5/c1-3-26(4-2)10-11-27-21(15-6-5-7-17(25)12-15)20(23(29)24(27)30)22(28)16-8-9-18-19(13-16)32-14-31-18/h5-9,12-13,21,28H,3-4,10-11,14H2,1-2H3/b22-20+. The summed E-state index contributed by atoms with van der Waals surface area (Å²) in [6.07, 6.45) is 0. The molecule has 1 atom stereocenters. The molecule has 2 aliphatic rings. The van der Waals surface area contributed by atoms with Gasteiger partial charge < -0.3 is 24.4 Å². The lowest BCUT2D eigenvalue weighted by Gasteiger charge is -2.28. The van der Waals surface area contributed by atoms with Crippen molar-refractivity contribution >= 4 is 33.4 Å². The summed E-state index contributed by atoms with van der Waals surface area (Å²) in [7, 11) is 0. The van der Waals surface area contributed by atoms with Crippen LogP contribution in [0, 0.1) is 0 Å². The van der Waals surface area contributed by atoms with Crippen LogP contribution in [-0.2, 0) is 9.59 Å². The molecule has 2 aromatic carbocycles. The lowest BCUT2D eigenvalue weighted by atomic mass is 9.95.